The molecular weight excluding hydrogens is 394 g/mol. The second-order valence-electron chi connectivity index (χ2n) is 6.70. The Bertz CT molecular complexity index is 1340. The third kappa shape index (κ3) is 4.06. The summed E-state index contributed by atoms with van der Waals surface area (Å²) in [6.45, 7) is 0.197. The van der Waals surface area contributed by atoms with Crippen LogP contribution in [0.1, 0.15) is 11.3 Å². The number of hydrogen-bond donors (Lipinski definition) is 0. The number of hydrogen-bond acceptors (Lipinski definition) is 6. The van der Waals surface area contributed by atoms with Gasteiger partial charge >= 0.3 is 0 Å². The molecule has 0 aliphatic rings. The molecule has 8 nitrogen and oxygen atoms in total. The highest BCUT2D eigenvalue weighted by molar-refractivity contribution is 5.65. The number of aromatic nitrogens is 3. The Morgan fingerprint density at radius 2 is 1.68 bits per heavy atom. The van der Waals surface area contributed by atoms with Crippen LogP contribution in [0.15, 0.2) is 83.9 Å². The zero-order valence-electron chi connectivity index (χ0n) is 16.2. The van der Waals surface area contributed by atoms with Crippen LogP contribution in [-0.4, -0.2) is 19.5 Å². The van der Waals surface area contributed by atoms with Crippen molar-refractivity contribution < 1.29 is 4.92 Å². The lowest BCUT2D eigenvalue weighted by atomic mass is 10.1. The van der Waals surface area contributed by atoms with Crippen molar-refractivity contribution in [1.82, 2.24) is 14.5 Å². The third-order valence-electron chi connectivity index (χ3n) is 4.75. The minimum absolute atomic E-state index is 0.0558. The SMILES string of the molecule is N#Cc1ccc(-c2ncc(-c3ccc([N+](=O)[O-])cc3)c(=O)n2Cc2ccccn2)cc1. The van der Waals surface area contributed by atoms with Crippen molar-refractivity contribution in [2.24, 2.45) is 0 Å². The van der Waals surface area contributed by atoms with E-state index in [2.05, 4.69) is 16.0 Å². The predicted octanol–water partition coefficient (Wildman–Crippen LogP) is 3.80. The van der Waals surface area contributed by atoms with Crippen LogP contribution in [0.5, 0.6) is 0 Å². The van der Waals surface area contributed by atoms with Gasteiger partial charge < -0.3 is 0 Å². The van der Waals surface area contributed by atoms with Crippen LogP contribution in [0, 0.1) is 21.4 Å². The average molecular weight is 409 g/mol. The van der Waals surface area contributed by atoms with Gasteiger partial charge in [-0.1, -0.05) is 6.07 Å². The molecule has 150 valence electrons. The van der Waals surface area contributed by atoms with E-state index in [0.29, 0.717) is 33.8 Å². The Hall–Kier alpha value is -4.64. The minimum atomic E-state index is -0.491. The van der Waals surface area contributed by atoms with E-state index in [4.69, 9.17) is 5.26 Å². The normalized spacial score (nSPS) is 10.4. The molecular formula is C23H15N5O3. The number of non-ortho nitro benzene ring substituents is 1. The van der Waals surface area contributed by atoms with Gasteiger partial charge in [0.1, 0.15) is 5.82 Å². The lowest BCUT2D eigenvalue weighted by molar-refractivity contribution is -0.384. The second-order valence-corrected chi connectivity index (χ2v) is 6.70. The largest absolute Gasteiger partial charge is 0.286 e. The van der Waals surface area contributed by atoms with E-state index in [9.17, 15) is 14.9 Å². The van der Waals surface area contributed by atoms with Crippen LogP contribution in [0.2, 0.25) is 0 Å². The molecule has 0 amide bonds. The number of rotatable bonds is 5. The number of pyridine rings is 1. The summed E-state index contributed by atoms with van der Waals surface area (Å²) in [6.07, 6.45) is 3.11. The summed E-state index contributed by atoms with van der Waals surface area (Å²) in [5.41, 5.74) is 2.37. The average Bonchev–Trinajstić information content (AvgIpc) is 2.81. The standard InChI is InChI=1S/C23H15N5O3/c24-13-16-4-6-18(7-5-16)22-26-14-21(17-8-10-20(11-9-17)28(30)31)23(29)27(22)15-19-3-1-2-12-25-19/h1-12,14H,15H2. The molecule has 2 aromatic heterocycles. The van der Waals surface area contributed by atoms with Crippen LogP contribution < -0.4 is 5.56 Å². The maximum absolute atomic E-state index is 13.4. The van der Waals surface area contributed by atoms with Gasteiger partial charge in [0, 0.05) is 30.1 Å². The predicted molar refractivity (Wildman–Crippen MR) is 114 cm³/mol. The molecule has 4 aromatic rings. The molecule has 0 saturated carbocycles. The van der Waals surface area contributed by atoms with E-state index < -0.39 is 4.92 Å². The van der Waals surface area contributed by atoms with Gasteiger partial charge in [-0.25, -0.2) is 4.98 Å². The van der Waals surface area contributed by atoms with Crippen molar-refractivity contribution in [3.8, 4) is 28.6 Å². The van der Waals surface area contributed by atoms with E-state index in [1.165, 1.54) is 35.0 Å². The van der Waals surface area contributed by atoms with Gasteiger partial charge in [-0.2, -0.15) is 5.26 Å². The first kappa shape index (κ1) is 19.7. The molecule has 2 aromatic carbocycles. The van der Waals surface area contributed by atoms with E-state index in [0.717, 1.165) is 0 Å². The van der Waals surface area contributed by atoms with Gasteiger partial charge in [-0.15, -0.1) is 0 Å². The highest BCUT2D eigenvalue weighted by Crippen LogP contribution is 2.22. The minimum Gasteiger partial charge on any atom is -0.286 e. The maximum atomic E-state index is 13.4. The molecule has 0 N–H and O–H groups in total. The fourth-order valence-electron chi connectivity index (χ4n) is 3.18. The number of nitrogens with zero attached hydrogens (tertiary/aromatic N) is 5. The molecule has 0 spiro atoms. The Kier molecular flexibility index (Phi) is 5.32. The number of nitriles is 1. The van der Waals surface area contributed by atoms with Crippen molar-refractivity contribution in [3.05, 3.63) is 111 Å². The summed E-state index contributed by atoms with van der Waals surface area (Å²) in [4.78, 5) is 32.7. The molecule has 8 heteroatoms. The summed E-state index contributed by atoms with van der Waals surface area (Å²) in [5.74, 6) is 0.436. The summed E-state index contributed by atoms with van der Waals surface area (Å²) in [7, 11) is 0. The van der Waals surface area contributed by atoms with Crippen LogP contribution in [0.25, 0.3) is 22.5 Å². The lowest BCUT2D eigenvalue weighted by Gasteiger charge is -2.14. The van der Waals surface area contributed by atoms with E-state index >= 15 is 0 Å². The van der Waals surface area contributed by atoms with Gasteiger partial charge in [0.05, 0.1) is 34.4 Å². The summed E-state index contributed by atoms with van der Waals surface area (Å²) in [6, 6.07) is 20.1. The zero-order chi connectivity index (χ0) is 21.8. The molecule has 0 radical (unpaired) electrons. The van der Waals surface area contributed by atoms with Crippen molar-refractivity contribution in [3.63, 3.8) is 0 Å². The fourth-order valence-corrected chi connectivity index (χ4v) is 3.18. The first-order valence-electron chi connectivity index (χ1n) is 9.32. The topological polar surface area (TPSA) is 115 Å². The summed E-state index contributed by atoms with van der Waals surface area (Å²) >= 11 is 0. The van der Waals surface area contributed by atoms with Crippen molar-refractivity contribution in [2.75, 3.05) is 0 Å². The molecule has 0 saturated heterocycles. The van der Waals surface area contributed by atoms with Crippen molar-refractivity contribution in [1.29, 1.82) is 5.26 Å². The lowest BCUT2D eigenvalue weighted by Crippen LogP contribution is -2.25. The Balaban J connectivity index is 1.85. The molecule has 0 bridgehead atoms. The molecule has 31 heavy (non-hydrogen) atoms. The Labute approximate surface area is 176 Å². The second kappa shape index (κ2) is 8.39. The smallest absolute Gasteiger partial charge is 0.269 e. The van der Waals surface area contributed by atoms with Crippen LogP contribution in [0.4, 0.5) is 5.69 Å². The molecule has 2 heterocycles. The first-order valence-corrected chi connectivity index (χ1v) is 9.32. The Morgan fingerprint density at radius 3 is 2.29 bits per heavy atom. The fraction of sp³-hybridized carbons (Fsp3) is 0.0435. The van der Waals surface area contributed by atoms with Gasteiger partial charge in [0.15, 0.2) is 0 Å². The Morgan fingerprint density at radius 1 is 0.968 bits per heavy atom. The number of benzene rings is 2. The van der Waals surface area contributed by atoms with Gasteiger partial charge in [-0.3, -0.25) is 24.5 Å². The van der Waals surface area contributed by atoms with Gasteiger partial charge in [-0.05, 0) is 54.1 Å². The highest BCUT2D eigenvalue weighted by atomic mass is 16.6. The molecule has 4 rings (SSSR count). The highest BCUT2D eigenvalue weighted by Gasteiger charge is 2.15. The molecule has 0 aliphatic carbocycles. The van der Waals surface area contributed by atoms with E-state index in [1.54, 1.807) is 36.5 Å². The molecule has 0 atom stereocenters. The van der Waals surface area contributed by atoms with E-state index in [-0.39, 0.29) is 17.8 Å². The summed E-state index contributed by atoms with van der Waals surface area (Å²) in [5, 5.41) is 20.0. The van der Waals surface area contributed by atoms with Gasteiger partial charge in [0.2, 0.25) is 0 Å². The van der Waals surface area contributed by atoms with Crippen LogP contribution >= 0.6 is 0 Å². The van der Waals surface area contributed by atoms with Crippen LogP contribution in [0.3, 0.4) is 0 Å². The van der Waals surface area contributed by atoms with E-state index in [1.807, 2.05) is 12.1 Å². The molecule has 0 unspecified atom stereocenters. The number of nitro benzene ring substituents is 1. The quantitative estimate of drug-likeness (QED) is 0.366. The third-order valence-corrected chi connectivity index (χ3v) is 4.75. The summed E-state index contributed by atoms with van der Waals surface area (Å²) < 4.78 is 1.51. The molecule has 0 fully saturated rings. The van der Waals surface area contributed by atoms with Crippen molar-refractivity contribution in [2.45, 2.75) is 6.54 Å². The first-order chi connectivity index (χ1) is 15.1. The zero-order valence-corrected chi connectivity index (χ0v) is 16.2. The van der Waals surface area contributed by atoms with Gasteiger partial charge in [0.25, 0.3) is 11.2 Å². The van der Waals surface area contributed by atoms with Crippen LogP contribution in [-0.2, 0) is 6.54 Å². The maximum Gasteiger partial charge on any atom is 0.269 e. The molecule has 0 aliphatic heterocycles. The van der Waals surface area contributed by atoms with Crippen molar-refractivity contribution >= 4 is 5.69 Å². The number of nitro groups is 1. The monoisotopic (exact) mass is 409 g/mol.